The molecule has 0 radical (unpaired) electrons. The molecule has 0 unspecified atom stereocenters. The zero-order valence-electron chi connectivity index (χ0n) is 9.08. The summed E-state index contributed by atoms with van der Waals surface area (Å²) in [7, 11) is 3.62. The molecule has 0 aromatic rings. The SMILES string of the molecule is COC(=O)C1(CN(C)C2CCC2)CC1. The lowest BCUT2D eigenvalue weighted by molar-refractivity contribution is -0.148. The molecule has 2 aliphatic rings. The Morgan fingerprint density at radius 3 is 2.50 bits per heavy atom. The second-order valence-electron chi connectivity index (χ2n) is 4.77. The molecule has 0 saturated heterocycles. The van der Waals surface area contributed by atoms with Crippen LogP contribution in [-0.2, 0) is 9.53 Å². The predicted octanol–water partition coefficient (Wildman–Crippen LogP) is 1.42. The smallest absolute Gasteiger partial charge is 0.313 e. The van der Waals surface area contributed by atoms with Gasteiger partial charge in [0.1, 0.15) is 0 Å². The zero-order chi connectivity index (χ0) is 10.2. The first-order valence-corrected chi connectivity index (χ1v) is 5.47. The molecule has 0 spiro atoms. The summed E-state index contributed by atoms with van der Waals surface area (Å²) in [4.78, 5) is 13.9. The summed E-state index contributed by atoms with van der Waals surface area (Å²) in [5.74, 6) is -0.0105. The summed E-state index contributed by atoms with van der Waals surface area (Å²) in [5.41, 5.74) is -0.140. The third-order valence-electron chi connectivity index (χ3n) is 3.72. The minimum atomic E-state index is -0.140. The molecule has 2 fully saturated rings. The molecule has 2 aliphatic carbocycles. The highest BCUT2D eigenvalue weighted by atomic mass is 16.5. The monoisotopic (exact) mass is 197 g/mol. The topological polar surface area (TPSA) is 29.5 Å². The molecule has 2 saturated carbocycles. The van der Waals surface area contributed by atoms with Gasteiger partial charge in [0.15, 0.2) is 0 Å². The lowest BCUT2D eigenvalue weighted by Crippen LogP contribution is -2.42. The van der Waals surface area contributed by atoms with Crippen LogP contribution in [0.2, 0.25) is 0 Å². The maximum atomic E-state index is 11.5. The van der Waals surface area contributed by atoms with Crippen molar-refractivity contribution in [1.29, 1.82) is 0 Å². The van der Waals surface area contributed by atoms with Gasteiger partial charge in [0.05, 0.1) is 12.5 Å². The summed E-state index contributed by atoms with van der Waals surface area (Å²) in [5, 5.41) is 0. The first-order valence-electron chi connectivity index (χ1n) is 5.47. The van der Waals surface area contributed by atoms with Crippen molar-refractivity contribution in [1.82, 2.24) is 4.90 Å². The Bertz CT molecular complexity index is 231. The Hall–Kier alpha value is -0.570. The van der Waals surface area contributed by atoms with E-state index in [9.17, 15) is 4.79 Å². The number of methoxy groups -OCH3 is 1. The largest absolute Gasteiger partial charge is 0.469 e. The van der Waals surface area contributed by atoms with Crippen molar-refractivity contribution in [3.05, 3.63) is 0 Å². The number of hydrogen-bond donors (Lipinski definition) is 0. The molecular formula is C11H19NO2. The van der Waals surface area contributed by atoms with Crippen LogP contribution in [0.1, 0.15) is 32.1 Å². The van der Waals surface area contributed by atoms with Gasteiger partial charge in [-0.3, -0.25) is 4.79 Å². The van der Waals surface area contributed by atoms with E-state index in [1.54, 1.807) is 0 Å². The van der Waals surface area contributed by atoms with Crippen LogP contribution in [-0.4, -0.2) is 37.6 Å². The van der Waals surface area contributed by atoms with E-state index in [2.05, 4.69) is 11.9 Å². The van der Waals surface area contributed by atoms with Crippen molar-refractivity contribution in [2.24, 2.45) is 5.41 Å². The number of ether oxygens (including phenoxy) is 1. The number of carbonyl (C=O) groups excluding carboxylic acids is 1. The van der Waals surface area contributed by atoms with Gasteiger partial charge in [-0.25, -0.2) is 0 Å². The Balaban J connectivity index is 1.86. The van der Waals surface area contributed by atoms with Gasteiger partial charge in [-0.1, -0.05) is 6.42 Å². The number of carbonyl (C=O) groups is 1. The van der Waals surface area contributed by atoms with E-state index in [-0.39, 0.29) is 11.4 Å². The Morgan fingerprint density at radius 1 is 1.50 bits per heavy atom. The minimum Gasteiger partial charge on any atom is -0.469 e. The van der Waals surface area contributed by atoms with Crippen molar-refractivity contribution in [3.8, 4) is 0 Å². The predicted molar refractivity (Wildman–Crippen MR) is 54.0 cm³/mol. The third kappa shape index (κ3) is 1.65. The Morgan fingerprint density at radius 2 is 2.14 bits per heavy atom. The van der Waals surface area contributed by atoms with Crippen LogP contribution in [0.3, 0.4) is 0 Å². The van der Waals surface area contributed by atoms with Gasteiger partial charge >= 0.3 is 5.97 Å². The number of nitrogens with zero attached hydrogens (tertiary/aromatic N) is 1. The highest BCUT2D eigenvalue weighted by Crippen LogP contribution is 2.47. The van der Waals surface area contributed by atoms with Crippen LogP contribution in [0.25, 0.3) is 0 Å². The van der Waals surface area contributed by atoms with Gasteiger partial charge in [-0.15, -0.1) is 0 Å². The van der Waals surface area contributed by atoms with E-state index in [0.717, 1.165) is 25.4 Å². The quantitative estimate of drug-likeness (QED) is 0.638. The lowest BCUT2D eigenvalue weighted by atomic mass is 9.91. The van der Waals surface area contributed by atoms with E-state index < -0.39 is 0 Å². The molecule has 0 atom stereocenters. The van der Waals surface area contributed by atoms with Gasteiger partial charge in [0.2, 0.25) is 0 Å². The number of hydrogen-bond acceptors (Lipinski definition) is 3. The summed E-state index contributed by atoms with van der Waals surface area (Å²) >= 11 is 0. The second-order valence-corrected chi connectivity index (χ2v) is 4.77. The lowest BCUT2D eigenvalue weighted by Gasteiger charge is -2.36. The van der Waals surface area contributed by atoms with Gasteiger partial charge in [-0.05, 0) is 32.7 Å². The Labute approximate surface area is 85.4 Å². The van der Waals surface area contributed by atoms with E-state index in [4.69, 9.17) is 4.74 Å². The molecule has 0 amide bonds. The standard InChI is InChI=1S/C11H19NO2/c1-12(9-4-3-5-9)8-11(6-7-11)10(13)14-2/h9H,3-8H2,1-2H3. The molecule has 80 valence electrons. The highest BCUT2D eigenvalue weighted by Gasteiger charge is 2.52. The van der Waals surface area contributed by atoms with Gasteiger partial charge in [-0.2, -0.15) is 0 Å². The van der Waals surface area contributed by atoms with Crippen LogP contribution in [0.15, 0.2) is 0 Å². The van der Waals surface area contributed by atoms with E-state index in [1.807, 2.05) is 0 Å². The number of rotatable bonds is 4. The third-order valence-corrected chi connectivity index (χ3v) is 3.72. The molecule has 0 bridgehead atoms. The molecule has 0 aromatic heterocycles. The molecule has 0 N–H and O–H groups in total. The average molecular weight is 197 g/mol. The van der Waals surface area contributed by atoms with Crippen LogP contribution in [0.5, 0.6) is 0 Å². The molecule has 14 heavy (non-hydrogen) atoms. The molecule has 0 heterocycles. The second kappa shape index (κ2) is 3.54. The molecule has 0 aliphatic heterocycles. The first-order chi connectivity index (χ1) is 6.68. The minimum absolute atomic E-state index is 0.0105. The van der Waals surface area contributed by atoms with Gasteiger partial charge in [0, 0.05) is 12.6 Å². The highest BCUT2D eigenvalue weighted by molar-refractivity contribution is 5.80. The fourth-order valence-electron chi connectivity index (χ4n) is 2.23. The van der Waals surface area contributed by atoms with Crippen molar-refractivity contribution in [2.45, 2.75) is 38.1 Å². The average Bonchev–Trinajstić information content (AvgIpc) is 2.81. The fraction of sp³-hybridized carbons (Fsp3) is 0.909. The van der Waals surface area contributed by atoms with E-state index in [1.165, 1.54) is 26.4 Å². The Kier molecular flexibility index (Phi) is 2.52. The van der Waals surface area contributed by atoms with Gasteiger partial charge < -0.3 is 9.64 Å². The zero-order valence-corrected chi connectivity index (χ0v) is 9.08. The molecular weight excluding hydrogens is 178 g/mol. The van der Waals surface area contributed by atoms with Gasteiger partial charge in [0.25, 0.3) is 0 Å². The van der Waals surface area contributed by atoms with Crippen molar-refractivity contribution < 1.29 is 9.53 Å². The summed E-state index contributed by atoms with van der Waals surface area (Å²) in [6.45, 7) is 0.893. The van der Waals surface area contributed by atoms with E-state index >= 15 is 0 Å². The normalized spacial score (nSPS) is 24.5. The molecule has 3 heteroatoms. The van der Waals surface area contributed by atoms with Crippen molar-refractivity contribution in [3.63, 3.8) is 0 Å². The molecule has 3 nitrogen and oxygen atoms in total. The van der Waals surface area contributed by atoms with Crippen molar-refractivity contribution >= 4 is 5.97 Å². The van der Waals surface area contributed by atoms with E-state index in [0.29, 0.717) is 0 Å². The van der Waals surface area contributed by atoms with Crippen LogP contribution in [0, 0.1) is 5.41 Å². The summed E-state index contributed by atoms with van der Waals surface area (Å²) in [6, 6.07) is 0.720. The van der Waals surface area contributed by atoms with Crippen LogP contribution >= 0.6 is 0 Å². The summed E-state index contributed by atoms with van der Waals surface area (Å²) < 4.78 is 4.84. The molecule has 2 rings (SSSR count). The summed E-state index contributed by atoms with van der Waals surface area (Å²) in [6.07, 6.45) is 5.97. The maximum absolute atomic E-state index is 11.5. The number of esters is 1. The van der Waals surface area contributed by atoms with Crippen LogP contribution < -0.4 is 0 Å². The first kappa shape index (κ1) is 9.97. The van der Waals surface area contributed by atoms with Crippen molar-refractivity contribution in [2.75, 3.05) is 20.7 Å². The maximum Gasteiger partial charge on any atom is 0.313 e. The fourth-order valence-corrected chi connectivity index (χ4v) is 2.23. The van der Waals surface area contributed by atoms with Crippen LogP contribution in [0.4, 0.5) is 0 Å². The molecule has 0 aromatic carbocycles.